The first-order chi connectivity index (χ1) is 5.74. The molecular formula is C9H8ClNO. The number of halogens is 1. The van der Waals surface area contributed by atoms with E-state index in [1.807, 2.05) is 13.0 Å². The average molecular weight is 182 g/mol. The minimum Gasteiger partial charge on any atom is -0.384 e. The predicted octanol–water partition coefficient (Wildman–Crippen LogP) is 1.39. The maximum atomic E-state index is 8.45. The molecule has 0 atom stereocenters. The fourth-order valence-corrected chi connectivity index (χ4v) is 0.926. The van der Waals surface area contributed by atoms with Crippen LogP contribution >= 0.6 is 11.6 Å². The van der Waals surface area contributed by atoms with Crippen molar-refractivity contribution in [1.29, 1.82) is 0 Å². The number of hydrogen-bond donors (Lipinski definition) is 1. The molecule has 62 valence electrons. The first-order valence-corrected chi connectivity index (χ1v) is 3.83. The van der Waals surface area contributed by atoms with Crippen LogP contribution in [0, 0.1) is 18.8 Å². The molecule has 0 bridgehead atoms. The summed E-state index contributed by atoms with van der Waals surface area (Å²) in [5.41, 5.74) is 1.66. The highest BCUT2D eigenvalue weighted by Crippen LogP contribution is 2.11. The van der Waals surface area contributed by atoms with Gasteiger partial charge < -0.3 is 5.11 Å². The molecule has 0 spiro atoms. The maximum absolute atomic E-state index is 8.45. The Hall–Kier alpha value is -1.04. The van der Waals surface area contributed by atoms with Crippen molar-refractivity contribution < 1.29 is 5.11 Å². The van der Waals surface area contributed by atoms with Crippen molar-refractivity contribution in [1.82, 2.24) is 4.98 Å². The van der Waals surface area contributed by atoms with Crippen molar-refractivity contribution in [3.05, 3.63) is 28.5 Å². The Morgan fingerprint density at radius 3 is 3.08 bits per heavy atom. The topological polar surface area (TPSA) is 33.1 Å². The lowest BCUT2D eigenvalue weighted by molar-refractivity contribution is 0.350. The molecule has 0 radical (unpaired) electrons. The van der Waals surface area contributed by atoms with Crippen LogP contribution in [-0.4, -0.2) is 16.7 Å². The summed E-state index contributed by atoms with van der Waals surface area (Å²) in [6.45, 7) is 1.75. The van der Waals surface area contributed by atoms with Gasteiger partial charge in [0.15, 0.2) is 0 Å². The van der Waals surface area contributed by atoms with Crippen LogP contribution in [-0.2, 0) is 0 Å². The fourth-order valence-electron chi connectivity index (χ4n) is 0.775. The third kappa shape index (κ3) is 2.23. The summed E-state index contributed by atoms with van der Waals surface area (Å²) in [4.78, 5) is 3.91. The molecule has 0 aliphatic rings. The van der Waals surface area contributed by atoms with Crippen LogP contribution in [0.15, 0.2) is 12.3 Å². The van der Waals surface area contributed by atoms with Gasteiger partial charge in [-0.05, 0) is 18.6 Å². The lowest BCUT2D eigenvalue weighted by Crippen LogP contribution is -1.84. The molecule has 0 saturated carbocycles. The second-order valence-electron chi connectivity index (χ2n) is 2.31. The first kappa shape index (κ1) is 9.05. The molecule has 1 aromatic rings. The van der Waals surface area contributed by atoms with E-state index in [9.17, 15) is 0 Å². The highest BCUT2D eigenvalue weighted by atomic mass is 35.5. The fraction of sp³-hybridized carbons (Fsp3) is 0.222. The number of hydrogen-bond acceptors (Lipinski definition) is 2. The smallest absolute Gasteiger partial charge is 0.144 e. The Labute approximate surface area is 76.2 Å². The SMILES string of the molecule is Cc1cnc(Cl)c(C#CCO)c1. The van der Waals surface area contributed by atoms with Crippen molar-refractivity contribution in [3.63, 3.8) is 0 Å². The standard InChI is InChI=1S/C9H8ClNO/c1-7-5-8(3-2-4-12)9(10)11-6-7/h5-6,12H,4H2,1H3. The van der Waals surface area contributed by atoms with E-state index in [2.05, 4.69) is 16.8 Å². The van der Waals surface area contributed by atoms with Crippen LogP contribution in [0.5, 0.6) is 0 Å². The minimum atomic E-state index is -0.162. The zero-order valence-electron chi connectivity index (χ0n) is 6.63. The van der Waals surface area contributed by atoms with Gasteiger partial charge >= 0.3 is 0 Å². The molecule has 0 amide bonds. The monoisotopic (exact) mass is 181 g/mol. The molecule has 1 rings (SSSR count). The van der Waals surface area contributed by atoms with E-state index >= 15 is 0 Å². The normalized spacial score (nSPS) is 8.92. The molecule has 1 aromatic heterocycles. The Morgan fingerprint density at radius 2 is 2.42 bits per heavy atom. The van der Waals surface area contributed by atoms with Crippen LogP contribution < -0.4 is 0 Å². The van der Waals surface area contributed by atoms with Gasteiger partial charge in [-0.15, -0.1) is 0 Å². The van der Waals surface area contributed by atoms with Crippen LogP contribution in [0.1, 0.15) is 11.1 Å². The van der Waals surface area contributed by atoms with Gasteiger partial charge in [-0.25, -0.2) is 4.98 Å². The van der Waals surface area contributed by atoms with Gasteiger partial charge in [0.1, 0.15) is 11.8 Å². The van der Waals surface area contributed by atoms with E-state index in [-0.39, 0.29) is 6.61 Å². The number of aromatic nitrogens is 1. The quantitative estimate of drug-likeness (QED) is 0.485. The van der Waals surface area contributed by atoms with Crippen LogP contribution in [0.4, 0.5) is 0 Å². The lowest BCUT2D eigenvalue weighted by atomic mass is 10.2. The second kappa shape index (κ2) is 4.10. The number of nitrogens with zero attached hydrogens (tertiary/aromatic N) is 1. The van der Waals surface area contributed by atoms with E-state index in [4.69, 9.17) is 16.7 Å². The van der Waals surface area contributed by atoms with Gasteiger partial charge in [0.05, 0.1) is 5.56 Å². The van der Waals surface area contributed by atoms with Gasteiger partial charge in [-0.2, -0.15) is 0 Å². The van der Waals surface area contributed by atoms with E-state index in [0.29, 0.717) is 10.7 Å². The summed E-state index contributed by atoms with van der Waals surface area (Å²) in [5.74, 6) is 5.22. The third-order valence-electron chi connectivity index (χ3n) is 1.28. The summed E-state index contributed by atoms with van der Waals surface area (Å²) in [6.07, 6.45) is 1.67. The minimum absolute atomic E-state index is 0.162. The number of aryl methyl sites for hydroxylation is 1. The Bertz CT molecular complexity index is 338. The zero-order valence-corrected chi connectivity index (χ0v) is 7.39. The third-order valence-corrected chi connectivity index (χ3v) is 1.58. The highest BCUT2D eigenvalue weighted by molar-refractivity contribution is 6.30. The summed E-state index contributed by atoms with van der Waals surface area (Å²) >= 11 is 5.74. The molecule has 0 unspecified atom stereocenters. The molecule has 0 fully saturated rings. The predicted molar refractivity (Wildman–Crippen MR) is 47.9 cm³/mol. The molecule has 0 aliphatic heterocycles. The van der Waals surface area contributed by atoms with E-state index in [0.717, 1.165) is 5.56 Å². The first-order valence-electron chi connectivity index (χ1n) is 3.46. The summed E-state index contributed by atoms with van der Waals surface area (Å²) in [6, 6.07) is 1.83. The number of rotatable bonds is 0. The van der Waals surface area contributed by atoms with Crippen molar-refractivity contribution in [3.8, 4) is 11.8 Å². The van der Waals surface area contributed by atoms with Crippen molar-refractivity contribution in [2.24, 2.45) is 0 Å². The summed E-state index contributed by atoms with van der Waals surface area (Å²) in [7, 11) is 0. The molecule has 1 N–H and O–H groups in total. The molecule has 3 heteroatoms. The molecule has 12 heavy (non-hydrogen) atoms. The highest BCUT2D eigenvalue weighted by Gasteiger charge is 1.96. The van der Waals surface area contributed by atoms with Crippen LogP contribution in [0.2, 0.25) is 5.15 Å². The molecule has 0 aliphatic carbocycles. The lowest BCUT2D eigenvalue weighted by Gasteiger charge is -1.95. The maximum Gasteiger partial charge on any atom is 0.144 e. The Balaban J connectivity index is 3.05. The van der Waals surface area contributed by atoms with Gasteiger partial charge in [0.25, 0.3) is 0 Å². The molecular weight excluding hydrogens is 174 g/mol. The van der Waals surface area contributed by atoms with E-state index < -0.39 is 0 Å². The Morgan fingerprint density at radius 1 is 1.67 bits per heavy atom. The summed E-state index contributed by atoms with van der Waals surface area (Å²) < 4.78 is 0. The molecule has 2 nitrogen and oxygen atoms in total. The molecule has 1 heterocycles. The second-order valence-corrected chi connectivity index (χ2v) is 2.67. The van der Waals surface area contributed by atoms with Crippen LogP contribution in [0.3, 0.4) is 0 Å². The average Bonchev–Trinajstić information content (AvgIpc) is 2.07. The van der Waals surface area contributed by atoms with Gasteiger partial charge in [-0.3, -0.25) is 0 Å². The van der Waals surface area contributed by atoms with Crippen molar-refractivity contribution in [2.45, 2.75) is 6.92 Å². The van der Waals surface area contributed by atoms with Crippen LogP contribution in [0.25, 0.3) is 0 Å². The zero-order chi connectivity index (χ0) is 8.97. The van der Waals surface area contributed by atoms with Gasteiger partial charge in [0, 0.05) is 6.20 Å². The van der Waals surface area contributed by atoms with Crippen molar-refractivity contribution in [2.75, 3.05) is 6.61 Å². The Kier molecular flexibility index (Phi) is 3.09. The van der Waals surface area contributed by atoms with Gasteiger partial charge in [-0.1, -0.05) is 23.4 Å². The van der Waals surface area contributed by atoms with Crippen molar-refractivity contribution >= 4 is 11.6 Å². The van der Waals surface area contributed by atoms with E-state index in [1.165, 1.54) is 0 Å². The molecule has 0 saturated heterocycles. The van der Waals surface area contributed by atoms with Gasteiger partial charge in [0.2, 0.25) is 0 Å². The number of aliphatic hydroxyl groups excluding tert-OH is 1. The summed E-state index contributed by atoms with van der Waals surface area (Å²) in [5, 5.41) is 8.83. The molecule has 0 aromatic carbocycles. The largest absolute Gasteiger partial charge is 0.384 e. The van der Waals surface area contributed by atoms with E-state index in [1.54, 1.807) is 6.20 Å². The number of aliphatic hydroxyl groups is 1. The number of pyridine rings is 1.